The Balaban J connectivity index is 1.74. The van der Waals surface area contributed by atoms with Gasteiger partial charge in [-0.15, -0.1) is 0 Å². The highest BCUT2D eigenvalue weighted by Crippen LogP contribution is 2.40. The third-order valence-electron chi connectivity index (χ3n) is 5.82. The van der Waals surface area contributed by atoms with Crippen molar-refractivity contribution in [1.29, 1.82) is 0 Å². The van der Waals surface area contributed by atoms with Crippen LogP contribution in [0.25, 0.3) is 5.76 Å². The predicted molar refractivity (Wildman–Crippen MR) is 130 cm³/mol. The van der Waals surface area contributed by atoms with Crippen LogP contribution in [-0.4, -0.2) is 39.2 Å². The van der Waals surface area contributed by atoms with Crippen LogP contribution < -0.4 is 0 Å². The second kappa shape index (κ2) is 10.2. The monoisotopic (exact) mass is 486 g/mol. The number of likely N-dealkylation sites (tertiary alicyclic amines) is 1. The van der Waals surface area contributed by atoms with Gasteiger partial charge in [0.15, 0.2) is 0 Å². The smallest absolute Gasteiger partial charge is 0.338 e. The van der Waals surface area contributed by atoms with Gasteiger partial charge in [-0.3, -0.25) is 19.7 Å². The summed E-state index contributed by atoms with van der Waals surface area (Å²) in [6, 6.07) is 19.5. The Labute approximate surface area is 206 Å². The van der Waals surface area contributed by atoms with Crippen LogP contribution in [0, 0.1) is 10.1 Å². The normalized spacial score (nSPS) is 16.7. The average molecular weight is 486 g/mol. The summed E-state index contributed by atoms with van der Waals surface area (Å²) in [6.07, 6.45) is 0. The number of hydrogen-bond donors (Lipinski definition) is 1. The van der Waals surface area contributed by atoms with Crippen LogP contribution in [0.3, 0.4) is 0 Å². The van der Waals surface area contributed by atoms with Crippen molar-refractivity contribution in [2.75, 3.05) is 6.61 Å². The van der Waals surface area contributed by atoms with E-state index in [4.69, 9.17) is 4.74 Å². The number of aliphatic hydroxyl groups excluding tert-OH is 1. The van der Waals surface area contributed by atoms with Crippen molar-refractivity contribution in [1.82, 2.24) is 4.90 Å². The number of ether oxygens (including phenoxy) is 1. The van der Waals surface area contributed by atoms with E-state index in [0.29, 0.717) is 16.7 Å². The molecule has 1 fully saturated rings. The summed E-state index contributed by atoms with van der Waals surface area (Å²) < 4.78 is 4.99. The van der Waals surface area contributed by atoms with E-state index in [2.05, 4.69) is 0 Å². The van der Waals surface area contributed by atoms with Crippen molar-refractivity contribution >= 4 is 29.1 Å². The van der Waals surface area contributed by atoms with Crippen molar-refractivity contribution in [2.45, 2.75) is 19.5 Å². The number of amides is 1. The minimum absolute atomic E-state index is 0.0459. The molecule has 4 rings (SSSR count). The van der Waals surface area contributed by atoms with Gasteiger partial charge in [0.2, 0.25) is 0 Å². The van der Waals surface area contributed by atoms with Crippen molar-refractivity contribution in [3.8, 4) is 0 Å². The number of esters is 1. The van der Waals surface area contributed by atoms with Crippen LogP contribution in [0.4, 0.5) is 5.69 Å². The lowest BCUT2D eigenvalue weighted by Gasteiger charge is -2.25. The van der Waals surface area contributed by atoms with E-state index in [0.717, 1.165) is 0 Å². The van der Waals surface area contributed by atoms with Gasteiger partial charge < -0.3 is 14.7 Å². The molecule has 1 amide bonds. The lowest BCUT2D eigenvalue weighted by atomic mass is 9.95. The topological polar surface area (TPSA) is 127 Å². The minimum atomic E-state index is -0.883. The summed E-state index contributed by atoms with van der Waals surface area (Å²) in [5.74, 6) is -2.53. The molecule has 1 unspecified atom stereocenters. The van der Waals surface area contributed by atoms with Gasteiger partial charge in [0, 0.05) is 24.2 Å². The third-order valence-corrected chi connectivity index (χ3v) is 5.82. The Hall–Kier alpha value is -4.79. The van der Waals surface area contributed by atoms with E-state index in [1.807, 2.05) is 0 Å². The number of non-ortho nitro benzene ring substituents is 1. The fourth-order valence-corrected chi connectivity index (χ4v) is 4.08. The molecule has 9 nitrogen and oxygen atoms in total. The number of ketones is 1. The van der Waals surface area contributed by atoms with Crippen LogP contribution in [0.15, 0.2) is 84.4 Å². The summed E-state index contributed by atoms with van der Waals surface area (Å²) in [5, 5.41) is 22.0. The minimum Gasteiger partial charge on any atom is -0.507 e. The Kier molecular flexibility index (Phi) is 6.91. The zero-order chi connectivity index (χ0) is 25.8. The molecule has 9 heteroatoms. The van der Waals surface area contributed by atoms with Crippen LogP contribution in [-0.2, 0) is 20.9 Å². The van der Waals surface area contributed by atoms with Crippen LogP contribution in [0.5, 0.6) is 0 Å². The molecule has 0 aromatic heterocycles. The molecule has 1 saturated heterocycles. The fraction of sp³-hybridized carbons (Fsp3) is 0.148. The number of carbonyl (C=O) groups is 3. The molecule has 1 aliphatic rings. The Morgan fingerprint density at radius 3 is 2.17 bits per heavy atom. The first kappa shape index (κ1) is 24.3. The number of aliphatic hydroxyl groups is 1. The molecule has 3 aromatic rings. The largest absolute Gasteiger partial charge is 0.507 e. The highest BCUT2D eigenvalue weighted by Gasteiger charge is 2.46. The first-order chi connectivity index (χ1) is 17.3. The molecule has 0 spiro atoms. The summed E-state index contributed by atoms with van der Waals surface area (Å²) in [4.78, 5) is 49.9. The van der Waals surface area contributed by atoms with Gasteiger partial charge in [0.05, 0.1) is 28.7 Å². The molecule has 1 heterocycles. The van der Waals surface area contributed by atoms with Crippen molar-refractivity contribution in [3.63, 3.8) is 0 Å². The molecule has 1 aliphatic heterocycles. The second-order valence-electron chi connectivity index (χ2n) is 8.06. The highest BCUT2D eigenvalue weighted by molar-refractivity contribution is 6.46. The van der Waals surface area contributed by atoms with E-state index < -0.39 is 34.4 Å². The van der Waals surface area contributed by atoms with Gasteiger partial charge in [0.1, 0.15) is 5.76 Å². The van der Waals surface area contributed by atoms with Gasteiger partial charge in [0.25, 0.3) is 17.4 Å². The number of nitro groups is 1. The fourth-order valence-electron chi connectivity index (χ4n) is 4.08. The lowest BCUT2D eigenvalue weighted by molar-refractivity contribution is -0.384. The Morgan fingerprint density at radius 1 is 0.972 bits per heavy atom. The number of nitrogens with zero attached hydrogens (tertiary/aromatic N) is 2. The molecule has 0 aliphatic carbocycles. The molecule has 0 saturated carbocycles. The second-order valence-corrected chi connectivity index (χ2v) is 8.06. The molecule has 3 aromatic carbocycles. The van der Waals surface area contributed by atoms with E-state index in [9.17, 15) is 29.6 Å². The number of Topliss-reactive ketones (excluding diaryl/α,β-unsaturated/α-hetero) is 1. The predicted octanol–water partition coefficient (Wildman–Crippen LogP) is 4.39. The first-order valence-corrected chi connectivity index (χ1v) is 11.2. The molecule has 1 N–H and O–H groups in total. The van der Waals surface area contributed by atoms with Crippen LogP contribution in [0.2, 0.25) is 0 Å². The van der Waals surface area contributed by atoms with E-state index >= 15 is 0 Å². The van der Waals surface area contributed by atoms with Crippen LogP contribution in [0.1, 0.15) is 40.0 Å². The molecular weight excluding hydrogens is 464 g/mol. The van der Waals surface area contributed by atoms with Gasteiger partial charge in [-0.25, -0.2) is 4.79 Å². The van der Waals surface area contributed by atoms with E-state index in [1.165, 1.54) is 29.2 Å². The maximum atomic E-state index is 13.1. The summed E-state index contributed by atoms with van der Waals surface area (Å²) in [7, 11) is 0. The molecule has 1 atom stereocenters. The van der Waals surface area contributed by atoms with Gasteiger partial charge >= 0.3 is 5.97 Å². The Morgan fingerprint density at radius 2 is 1.58 bits per heavy atom. The SMILES string of the molecule is CCOC(=O)c1ccc(CN2C(=O)C(=O)/C(=C(\O)c3ccc([N+](=O)[O-])cc3)C2c2ccccc2)cc1. The third kappa shape index (κ3) is 4.72. The van der Waals surface area contributed by atoms with E-state index in [1.54, 1.807) is 61.5 Å². The molecule has 0 bridgehead atoms. The van der Waals surface area contributed by atoms with Gasteiger partial charge in [-0.1, -0.05) is 42.5 Å². The quantitative estimate of drug-likeness (QED) is 0.131. The number of benzene rings is 3. The number of nitro benzene ring substituents is 1. The standard InChI is InChI=1S/C27H22N2O7/c1-2-36-27(33)20-10-8-17(9-11-20)16-28-23(18-6-4-3-5-7-18)22(25(31)26(28)32)24(30)19-12-14-21(15-13-19)29(34)35/h3-15,23,30H,2,16H2,1H3/b24-22-. The molecule has 182 valence electrons. The summed E-state index contributed by atoms with van der Waals surface area (Å²) >= 11 is 0. The summed E-state index contributed by atoms with van der Waals surface area (Å²) in [6.45, 7) is 2.00. The van der Waals surface area contributed by atoms with E-state index in [-0.39, 0.29) is 30.0 Å². The number of carbonyl (C=O) groups excluding carboxylic acids is 3. The zero-order valence-electron chi connectivity index (χ0n) is 19.3. The number of hydrogen-bond acceptors (Lipinski definition) is 7. The molecule has 0 radical (unpaired) electrons. The maximum absolute atomic E-state index is 13.1. The Bertz CT molecular complexity index is 1350. The van der Waals surface area contributed by atoms with Crippen molar-refractivity contribution in [2.24, 2.45) is 0 Å². The summed E-state index contributed by atoms with van der Waals surface area (Å²) in [5.41, 5.74) is 1.55. The zero-order valence-corrected chi connectivity index (χ0v) is 19.3. The van der Waals surface area contributed by atoms with Gasteiger partial charge in [-0.05, 0) is 42.3 Å². The van der Waals surface area contributed by atoms with Crippen molar-refractivity contribution in [3.05, 3.63) is 117 Å². The average Bonchev–Trinajstić information content (AvgIpc) is 3.14. The number of rotatable bonds is 7. The maximum Gasteiger partial charge on any atom is 0.338 e. The highest BCUT2D eigenvalue weighted by atomic mass is 16.6. The van der Waals surface area contributed by atoms with Crippen molar-refractivity contribution < 1.29 is 29.2 Å². The van der Waals surface area contributed by atoms with Gasteiger partial charge in [-0.2, -0.15) is 0 Å². The first-order valence-electron chi connectivity index (χ1n) is 11.2. The van der Waals surface area contributed by atoms with Crippen LogP contribution >= 0.6 is 0 Å². The molecule has 36 heavy (non-hydrogen) atoms. The molecular formula is C27H22N2O7. The lowest BCUT2D eigenvalue weighted by Crippen LogP contribution is -2.29.